The Morgan fingerprint density at radius 3 is 2.47 bits per heavy atom. The van der Waals surface area contributed by atoms with E-state index in [2.05, 4.69) is 5.32 Å². The molecule has 3 aromatic carbocycles. The summed E-state index contributed by atoms with van der Waals surface area (Å²) in [6.07, 6.45) is 1.56. The molecule has 4 rings (SSSR count). The van der Waals surface area contributed by atoms with Crippen LogP contribution in [0.1, 0.15) is 29.2 Å². The first-order valence-corrected chi connectivity index (χ1v) is 11.0. The number of aryl methyl sites for hydroxylation is 1. The quantitative estimate of drug-likeness (QED) is 0.370. The van der Waals surface area contributed by atoms with Gasteiger partial charge in [0, 0.05) is 5.56 Å². The Balaban J connectivity index is 1.51. The summed E-state index contributed by atoms with van der Waals surface area (Å²) in [5, 5.41) is 2.56. The summed E-state index contributed by atoms with van der Waals surface area (Å²) in [6, 6.07) is 18.8. The number of benzene rings is 3. The van der Waals surface area contributed by atoms with Gasteiger partial charge < -0.3 is 14.8 Å². The predicted octanol–water partition coefficient (Wildman–Crippen LogP) is 5.20. The molecule has 1 aliphatic rings. The van der Waals surface area contributed by atoms with Gasteiger partial charge in [-0.05, 0) is 49.2 Å². The second kappa shape index (κ2) is 10.2. The van der Waals surface area contributed by atoms with E-state index in [9.17, 15) is 14.0 Å². The van der Waals surface area contributed by atoms with Gasteiger partial charge in [0.15, 0.2) is 11.5 Å². The molecule has 0 aliphatic carbocycles. The lowest BCUT2D eigenvalue weighted by Crippen LogP contribution is -2.30. The van der Waals surface area contributed by atoms with Crippen LogP contribution in [0.4, 0.5) is 9.18 Å². The molecule has 1 heterocycles. The third kappa shape index (κ3) is 5.26. The summed E-state index contributed by atoms with van der Waals surface area (Å²) in [4.78, 5) is 26.1. The summed E-state index contributed by atoms with van der Waals surface area (Å²) >= 11 is 0. The Morgan fingerprint density at radius 2 is 1.74 bits per heavy atom. The Kier molecular flexibility index (Phi) is 6.92. The van der Waals surface area contributed by atoms with Crippen molar-refractivity contribution >= 4 is 18.0 Å². The molecule has 1 fully saturated rings. The van der Waals surface area contributed by atoms with Crippen LogP contribution in [-0.4, -0.2) is 23.4 Å². The molecule has 1 aliphatic heterocycles. The number of urea groups is 1. The van der Waals surface area contributed by atoms with Gasteiger partial charge >= 0.3 is 6.03 Å². The van der Waals surface area contributed by atoms with E-state index in [0.717, 1.165) is 10.5 Å². The van der Waals surface area contributed by atoms with Crippen molar-refractivity contribution in [3.05, 3.63) is 100 Å². The highest BCUT2D eigenvalue weighted by Gasteiger charge is 2.34. The van der Waals surface area contributed by atoms with Crippen LogP contribution in [0.3, 0.4) is 0 Å². The first kappa shape index (κ1) is 23.0. The highest BCUT2D eigenvalue weighted by atomic mass is 19.1. The van der Waals surface area contributed by atoms with Crippen molar-refractivity contribution in [3.63, 3.8) is 0 Å². The molecule has 1 N–H and O–H groups in total. The number of carbonyl (C=O) groups is 2. The Bertz CT molecular complexity index is 1240. The summed E-state index contributed by atoms with van der Waals surface area (Å²) in [5.74, 6) is 0.116. The Hall–Kier alpha value is -4.13. The minimum atomic E-state index is -0.595. The number of hydrogen-bond donors (Lipinski definition) is 1. The summed E-state index contributed by atoms with van der Waals surface area (Å²) in [5.41, 5.74) is 3.24. The van der Waals surface area contributed by atoms with E-state index >= 15 is 0 Å². The predicted molar refractivity (Wildman–Crippen MR) is 127 cm³/mol. The minimum Gasteiger partial charge on any atom is -0.490 e. The zero-order chi connectivity index (χ0) is 24.1. The molecule has 3 aromatic rings. The van der Waals surface area contributed by atoms with Gasteiger partial charge in [-0.3, -0.25) is 9.69 Å². The van der Waals surface area contributed by atoms with Gasteiger partial charge in [0.25, 0.3) is 5.91 Å². The lowest BCUT2D eigenvalue weighted by atomic mass is 10.1. The highest BCUT2D eigenvalue weighted by Crippen LogP contribution is 2.30. The fourth-order valence-corrected chi connectivity index (χ4v) is 3.53. The highest BCUT2D eigenvalue weighted by molar-refractivity contribution is 6.13. The third-order valence-electron chi connectivity index (χ3n) is 5.34. The maximum atomic E-state index is 14.0. The summed E-state index contributed by atoms with van der Waals surface area (Å²) in [7, 11) is 0. The number of rotatable bonds is 8. The average molecular weight is 461 g/mol. The van der Waals surface area contributed by atoms with Gasteiger partial charge in [-0.2, -0.15) is 0 Å². The number of carbonyl (C=O) groups excluding carboxylic acids is 2. The second-order valence-corrected chi connectivity index (χ2v) is 7.88. The van der Waals surface area contributed by atoms with Gasteiger partial charge in [-0.1, -0.05) is 54.1 Å². The molecular weight excluding hydrogens is 435 g/mol. The molecule has 174 valence electrons. The van der Waals surface area contributed by atoms with Crippen molar-refractivity contribution in [2.45, 2.75) is 27.0 Å². The fourth-order valence-electron chi connectivity index (χ4n) is 3.53. The molecule has 0 spiro atoms. The lowest BCUT2D eigenvalue weighted by molar-refractivity contribution is -0.123. The maximum Gasteiger partial charge on any atom is 0.329 e. The van der Waals surface area contributed by atoms with Gasteiger partial charge in [0.2, 0.25) is 0 Å². The molecular formula is C27H25FN2O4. The van der Waals surface area contributed by atoms with Crippen LogP contribution in [0.25, 0.3) is 6.08 Å². The first-order chi connectivity index (χ1) is 16.4. The molecule has 6 nitrogen and oxygen atoms in total. The van der Waals surface area contributed by atoms with Crippen LogP contribution >= 0.6 is 0 Å². The standard InChI is InChI=1S/C27H25FN2O4/c1-3-33-25-15-20(12-13-24(25)34-17-19-10-8-18(2)9-11-19)14-23-26(31)30(27(32)29-23)16-21-6-4-5-7-22(21)28/h4-15H,3,16-17H2,1-2H3,(H,29,32). The fraction of sp³-hybridized carbons (Fsp3) is 0.185. The van der Waals surface area contributed by atoms with Crippen LogP contribution in [0.15, 0.2) is 72.4 Å². The Labute approximate surface area is 197 Å². The van der Waals surface area contributed by atoms with Crippen LogP contribution in [0.5, 0.6) is 11.5 Å². The van der Waals surface area contributed by atoms with Crippen LogP contribution in [0, 0.1) is 12.7 Å². The van der Waals surface area contributed by atoms with Gasteiger partial charge in [-0.15, -0.1) is 0 Å². The number of halogens is 1. The lowest BCUT2D eigenvalue weighted by Gasteiger charge is -2.13. The van der Waals surface area contributed by atoms with Crippen molar-refractivity contribution in [3.8, 4) is 11.5 Å². The van der Waals surface area contributed by atoms with Crippen molar-refractivity contribution in [1.29, 1.82) is 0 Å². The monoisotopic (exact) mass is 460 g/mol. The van der Waals surface area contributed by atoms with Crippen LogP contribution in [-0.2, 0) is 17.9 Å². The number of ether oxygens (including phenoxy) is 2. The zero-order valence-electron chi connectivity index (χ0n) is 19.0. The number of amides is 3. The molecule has 7 heteroatoms. The van der Waals surface area contributed by atoms with Gasteiger partial charge in [0.05, 0.1) is 13.2 Å². The number of nitrogens with zero attached hydrogens (tertiary/aromatic N) is 1. The molecule has 0 unspecified atom stereocenters. The van der Waals surface area contributed by atoms with E-state index in [-0.39, 0.29) is 17.8 Å². The van der Waals surface area contributed by atoms with Crippen molar-refractivity contribution in [2.24, 2.45) is 0 Å². The third-order valence-corrected chi connectivity index (χ3v) is 5.34. The van der Waals surface area contributed by atoms with Crippen molar-refractivity contribution in [1.82, 2.24) is 10.2 Å². The smallest absolute Gasteiger partial charge is 0.329 e. The van der Waals surface area contributed by atoms with Crippen molar-refractivity contribution in [2.75, 3.05) is 6.61 Å². The molecule has 3 amide bonds. The van der Waals surface area contributed by atoms with Crippen molar-refractivity contribution < 1.29 is 23.5 Å². The second-order valence-electron chi connectivity index (χ2n) is 7.88. The molecule has 0 atom stereocenters. The number of imide groups is 1. The van der Waals surface area contributed by atoms with Crippen LogP contribution in [0.2, 0.25) is 0 Å². The number of hydrogen-bond acceptors (Lipinski definition) is 4. The molecule has 0 bridgehead atoms. The molecule has 34 heavy (non-hydrogen) atoms. The number of nitrogens with one attached hydrogen (secondary N) is 1. The van der Waals surface area contributed by atoms with Crippen LogP contribution < -0.4 is 14.8 Å². The Morgan fingerprint density at radius 1 is 0.971 bits per heavy atom. The van der Waals surface area contributed by atoms with E-state index < -0.39 is 17.8 Å². The SMILES string of the molecule is CCOc1cc(C=C2NC(=O)N(Cc3ccccc3F)C2=O)ccc1OCc1ccc(C)cc1. The average Bonchev–Trinajstić information content (AvgIpc) is 3.08. The maximum absolute atomic E-state index is 14.0. The summed E-state index contributed by atoms with van der Waals surface area (Å²) in [6.45, 7) is 4.58. The van der Waals surface area contributed by atoms with E-state index in [1.54, 1.807) is 42.5 Å². The first-order valence-electron chi connectivity index (χ1n) is 11.0. The van der Waals surface area contributed by atoms with E-state index in [1.807, 2.05) is 38.1 Å². The largest absolute Gasteiger partial charge is 0.490 e. The molecule has 0 radical (unpaired) electrons. The molecule has 0 saturated carbocycles. The van der Waals surface area contributed by atoms with Gasteiger partial charge in [0.1, 0.15) is 18.1 Å². The topological polar surface area (TPSA) is 67.9 Å². The van der Waals surface area contributed by atoms with E-state index in [1.165, 1.54) is 11.6 Å². The zero-order valence-corrected chi connectivity index (χ0v) is 19.0. The molecule has 0 aromatic heterocycles. The minimum absolute atomic E-state index is 0.108. The summed E-state index contributed by atoms with van der Waals surface area (Å²) < 4.78 is 25.7. The normalized spacial score (nSPS) is 14.4. The van der Waals surface area contributed by atoms with E-state index in [0.29, 0.717) is 30.3 Å². The molecule has 1 saturated heterocycles. The van der Waals surface area contributed by atoms with Gasteiger partial charge in [-0.25, -0.2) is 9.18 Å². The van der Waals surface area contributed by atoms with E-state index in [4.69, 9.17) is 9.47 Å².